The van der Waals surface area contributed by atoms with Crippen LogP contribution in [0.2, 0.25) is 0 Å². The first-order valence-corrected chi connectivity index (χ1v) is 5.80. The molecule has 1 aromatic rings. The fourth-order valence-electron chi connectivity index (χ4n) is 0.728. The summed E-state index contributed by atoms with van der Waals surface area (Å²) in [6.07, 6.45) is 0. The number of hydrogen-bond acceptors (Lipinski definition) is 4. The van der Waals surface area contributed by atoms with E-state index in [4.69, 9.17) is 11.5 Å². The predicted octanol–water partition coefficient (Wildman–Crippen LogP) is 0.650. The molecule has 6 heteroatoms. The first-order chi connectivity index (χ1) is 6.29. The third-order valence-corrected chi connectivity index (χ3v) is 2.84. The van der Waals surface area contributed by atoms with Crippen LogP contribution in [-0.2, 0) is 5.75 Å². The van der Waals surface area contributed by atoms with E-state index in [-0.39, 0.29) is 5.96 Å². The fraction of sp³-hybridized carbons (Fsp3) is 0.429. The average molecular weight is 216 g/mol. The molecule has 1 heterocycles. The molecule has 0 aliphatic heterocycles. The van der Waals surface area contributed by atoms with Gasteiger partial charge in [0.05, 0.1) is 12.2 Å². The summed E-state index contributed by atoms with van der Waals surface area (Å²) < 4.78 is 4.18. The van der Waals surface area contributed by atoms with Crippen LogP contribution in [0, 0.1) is 0 Å². The molecule has 0 spiro atoms. The Labute approximate surface area is 85.6 Å². The van der Waals surface area contributed by atoms with Crippen LogP contribution >= 0.6 is 23.3 Å². The van der Waals surface area contributed by atoms with Crippen molar-refractivity contribution >= 4 is 29.3 Å². The van der Waals surface area contributed by atoms with Crippen LogP contribution in [0.25, 0.3) is 0 Å². The highest BCUT2D eigenvalue weighted by Gasteiger charge is 1.94. The molecular formula is C7H12N4S2. The van der Waals surface area contributed by atoms with Crippen LogP contribution in [0.5, 0.6) is 0 Å². The fourth-order valence-corrected chi connectivity index (χ4v) is 2.08. The van der Waals surface area contributed by atoms with E-state index in [0.29, 0.717) is 6.54 Å². The van der Waals surface area contributed by atoms with E-state index in [0.717, 1.165) is 17.2 Å². The Balaban J connectivity index is 2.05. The lowest BCUT2D eigenvalue weighted by molar-refractivity contribution is 1.12. The van der Waals surface area contributed by atoms with Crippen molar-refractivity contribution in [1.82, 2.24) is 4.37 Å². The maximum atomic E-state index is 5.18. The van der Waals surface area contributed by atoms with Crippen molar-refractivity contribution in [3.8, 4) is 0 Å². The Kier molecular flexibility index (Phi) is 4.63. The van der Waals surface area contributed by atoms with Crippen molar-refractivity contribution in [3.05, 3.63) is 17.1 Å². The van der Waals surface area contributed by atoms with Crippen molar-refractivity contribution in [3.63, 3.8) is 0 Å². The molecule has 1 aromatic heterocycles. The number of aromatic nitrogens is 1. The minimum atomic E-state index is 0.161. The molecule has 0 atom stereocenters. The zero-order chi connectivity index (χ0) is 9.52. The number of nitrogens with zero attached hydrogens (tertiary/aromatic N) is 2. The molecule has 0 saturated carbocycles. The topological polar surface area (TPSA) is 77.3 Å². The van der Waals surface area contributed by atoms with Gasteiger partial charge in [-0.2, -0.15) is 16.1 Å². The lowest BCUT2D eigenvalue weighted by Crippen LogP contribution is -2.23. The first kappa shape index (κ1) is 10.3. The van der Waals surface area contributed by atoms with Crippen molar-refractivity contribution in [2.45, 2.75) is 5.75 Å². The largest absolute Gasteiger partial charge is 0.370 e. The lowest BCUT2D eigenvalue weighted by atomic mass is 10.5. The van der Waals surface area contributed by atoms with Gasteiger partial charge in [0.1, 0.15) is 0 Å². The molecule has 0 fully saturated rings. The van der Waals surface area contributed by atoms with E-state index >= 15 is 0 Å². The molecule has 1 rings (SSSR count). The number of guanidine groups is 1. The molecule has 0 radical (unpaired) electrons. The maximum absolute atomic E-state index is 5.18. The Morgan fingerprint density at radius 3 is 3.08 bits per heavy atom. The molecule has 0 aliphatic carbocycles. The second-order valence-electron chi connectivity index (χ2n) is 2.35. The zero-order valence-corrected chi connectivity index (χ0v) is 8.77. The van der Waals surface area contributed by atoms with Gasteiger partial charge in [0.15, 0.2) is 5.96 Å². The van der Waals surface area contributed by atoms with Crippen molar-refractivity contribution in [2.75, 3.05) is 12.3 Å². The summed E-state index contributed by atoms with van der Waals surface area (Å²) in [4.78, 5) is 3.88. The smallest absolute Gasteiger partial charge is 0.185 e. The van der Waals surface area contributed by atoms with E-state index < -0.39 is 0 Å². The Hall–Kier alpha value is -0.750. The van der Waals surface area contributed by atoms with E-state index in [1.165, 1.54) is 11.5 Å². The summed E-state index contributed by atoms with van der Waals surface area (Å²) in [5.41, 5.74) is 11.5. The quantitative estimate of drug-likeness (QED) is 0.430. The monoisotopic (exact) mass is 216 g/mol. The third kappa shape index (κ3) is 4.74. The highest BCUT2D eigenvalue weighted by Crippen LogP contribution is 2.10. The van der Waals surface area contributed by atoms with Gasteiger partial charge in [-0.3, -0.25) is 4.99 Å². The van der Waals surface area contributed by atoms with Crippen molar-refractivity contribution in [2.24, 2.45) is 16.5 Å². The van der Waals surface area contributed by atoms with E-state index in [2.05, 4.69) is 9.37 Å². The standard InChI is InChI=1S/C7H12N4S2/c8-7(9)10-2-4-12-5-6-1-3-13-11-6/h1,3H,2,4-5H2,(H4,8,9,10). The summed E-state index contributed by atoms with van der Waals surface area (Å²) in [6.45, 7) is 0.678. The van der Waals surface area contributed by atoms with Crippen LogP contribution in [0.4, 0.5) is 0 Å². The van der Waals surface area contributed by atoms with E-state index in [1.807, 2.05) is 11.4 Å². The number of nitrogens with two attached hydrogens (primary N) is 2. The van der Waals surface area contributed by atoms with Crippen LogP contribution < -0.4 is 11.5 Å². The zero-order valence-electron chi connectivity index (χ0n) is 7.14. The molecule has 0 saturated heterocycles. The van der Waals surface area contributed by atoms with Crippen LogP contribution in [0.15, 0.2) is 16.4 Å². The van der Waals surface area contributed by atoms with Crippen molar-refractivity contribution < 1.29 is 0 Å². The Bertz CT molecular complexity index is 253. The Morgan fingerprint density at radius 2 is 2.46 bits per heavy atom. The van der Waals surface area contributed by atoms with Gasteiger partial charge in [-0.1, -0.05) is 0 Å². The van der Waals surface area contributed by atoms with E-state index in [9.17, 15) is 0 Å². The van der Waals surface area contributed by atoms with Gasteiger partial charge in [0, 0.05) is 16.9 Å². The molecule has 0 aliphatic rings. The van der Waals surface area contributed by atoms with E-state index in [1.54, 1.807) is 11.8 Å². The SMILES string of the molecule is NC(N)=NCCSCc1ccsn1. The molecule has 4 nitrogen and oxygen atoms in total. The minimum Gasteiger partial charge on any atom is -0.370 e. The van der Waals surface area contributed by atoms with Gasteiger partial charge in [-0.25, -0.2) is 0 Å². The third-order valence-electron chi connectivity index (χ3n) is 1.27. The summed E-state index contributed by atoms with van der Waals surface area (Å²) >= 11 is 3.26. The van der Waals surface area contributed by atoms with Gasteiger partial charge < -0.3 is 11.5 Å². The average Bonchev–Trinajstić information content (AvgIpc) is 2.55. The van der Waals surface area contributed by atoms with Crippen molar-refractivity contribution in [1.29, 1.82) is 0 Å². The van der Waals surface area contributed by atoms with Gasteiger partial charge in [-0.15, -0.1) is 0 Å². The highest BCUT2D eigenvalue weighted by atomic mass is 32.2. The summed E-state index contributed by atoms with van der Waals surface area (Å²) in [5.74, 6) is 2.02. The van der Waals surface area contributed by atoms with Gasteiger partial charge in [0.25, 0.3) is 0 Å². The number of aliphatic imine (C=N–C) groups is 1. The van der Waals surface area contributed by atoms with Gasteiger partial charge >= 0.3 is 0 Å². The summed E-state index contributed by atoms with van der Waals surface area (Å²) in [5, 5.41) is 1.98. The molecule has 0 unspecified atom stereocenters. The van der Waals surface area contributed by atoms with Gasteiger partial charge in [0.2, 0.25) is 0 Å². The lowest BCUT2D eigenvalue weighted by Gasteiger charge is -1.95. The second-order valence-corrected chi connectivity index (χ2v) is 4.12. The predicted molar refractivity (Wildman–Crippen MR) is 59.0 cm³/mol. The molecule has 72 valence electrons. The van der Waals surface area contributed by atoms with Gasteiger partial charge in [-0.05, 0) is 17.6 Å². The van der Waals surface area contributed by atoms with Crippen LogP contribution in [0.3, 0.4) is 0 Å². The molecule has 4 N–H and O–H groups in total. The number of hydrogen-bond donors (Lipinski definition) is 2. The molecule has 13 heavy (non-hydrogen) atoms. The molecule has 0 amide bonds. The first-order valence-electron chi connectivity index (χ1n) is 3.81. The molecular weight excluding hydrogens is 204 g/mol. The second kappa shape index (κ2) is 5.82. The summed E-state index contributed by atoms with van der Waals surface area (Å²) in [7, 11) is 0. The van der Waals surface area contributed by atoms with Crippen LogP contribution in [0.1, 0.15) is 5.69 Å². The molecule has 0 bridgehead atoms. The van der Waals surface area contributed by atoms with Crippen LogP contribution in [-0.4, -0.2) is 22.6 Å². The number of thioether (sulfide) groups is 1. The summed E-state index contributed by atoms with van der Waals surface area (Å²) in [6, 6.07) is 2.03. The number of rotatable bonds is 5. The maximum Gasteiger partial charge on any atom is 0.185 e. The Morgan fingerprint density at radius 1 is 1.62 bits per heavy atom. The minimum absolute atomic E-state index is 0.161. The highest BCUT2D eigenvalue weighted by molar-refractivity contribution is 7.98. The normalized spacial score (nSPS) is 9.85. The molecule has 0 aromatic carbocycles.